The molecule has 1 aliphatic carbocycles. The Bertz CT molecular complexity index is 1670. The van der Waals surface area contributed by atoms with Crippen molar-refractivity contribution in [3.63, 3.8) is 0 Å². The van der Waals surface area contributed by atoms with Gasteiger partial charge in [-0.15, -0.1) is 0 Å². The summed E-state index contributed by atoms with van der Waals surface area (Å²) in [5.41, 5.74) is -9.21. The highest BCUT2D eigenvalue weighted by Gasteiger charge is 2.40. The molecule has 3 aromatic carbocycles. The van der Waals surface area contributed by atoms with Crippen LogP contribution in [0.25, 0.3) is 0 Å². The lowest BCUT2D eigenvalue weighted by atomic mass is 9.90. The molecule has 18 heteroatoms. The zero-order valence-corrected chi connectivity index (χ0v) is 21.9. The summed E-state index contributed by atoms with van der Waals surface area (Å²) in [6, 6.07) is 4.90. The van der Waals surface area contributed by atoms with Crippen molar-refractivity contribution in [2.75, 3.05) is 0 Å². The summed E-state index contributed by atoms with van der Waals surface area (Å²) in [6.45, 7) is 0. The first-order valence-electron chi connectivity index (χ1n) is 12.0. The number of nitrogens with zero attached hydrogens (tertiary/aromatic N) is 4. The molecule has 46 heavy (non-hydrogen) atoms. The first kappa shape index (κ1) is 33.4. The number of halogens is 12. The molecule has 0 saturated heterocycles. The fourth-order valence-electron chi connectivity index (χ4n) is 4.07. The maximum atomic E-state index is 13.5. The minimum Gasteiger partial charge on any atom is -0.451 e. The zero-order chi connectivity index (χ0) is 34.2. The van der Waals surface area contributed by atoms with Crippen LogP contribution in [-0.4, -0.2) is 11.4 Å². The van der Waals surface area contributed by atoms with Crippen LogP contribution in [0, 0.1) is 22.9 Å². The molecule has 3 aromatic rings. The molecule has 0 N–H and O–H groups in total. The molecule has 0 spiro atoms. The lowest BCUT2D eigenvalue weighted by molar-refractivity contribution is -0.144. The molecule has 0 bridgehead atoms. The minimum absolute atomic E-state index is 0.0947. The molecule has 0 heterocycles. The Labute approximate surface area is 248 Å². The topological polar surface area (TPSA) is 90.8 Å². The average molecular weight is 662 g/mol. The molecule has 0 fully saturated rings. The van der Waals surface area contributed by atoms with E-state index in [2.05, 4.69) is 9.98 Å². The molecule has 4 rings (SSSR count). The number of ether oxygens (including phenoxy) is 2. The van der Waals surface area contributed by atoms with E-state index >= 15 is 0 Å². The van der Waals surface area contributed by atoms with Gasteiger partial charge in [0.2, 0.25) is 12.4 Å². The van der Waals surface area contributed by atoms with Crippen molar-refractivity contribution in [1.29, 1.82) is 10.5 Å². The highest BCUT2D eigenvalue weighted by atomic mass is 19.4. The summed E-state index contributed by atoms with van der Waals surface area (Å²) in [5.74, 6) is -4.60. The van der Waals surface area contributed by atoms with Gasteiger partial charge in [0.25, 0.3) is 0 Å². The van der Waals surface area contributed by atoms with Gasteiger partial charge >= 0.3 is 24.7 Å². The molecular formula is C28H10F12N4O2. The summed E-state index contributed by atoms with van der Waals surface area (Å²) >= 11 is 0. The second kappa shape index (κ2) is 11.8. The van der Waals surface area contributed by atoms with Gasteiger partial charge in [-0.05, 0) is 36.4 Å². The normalized spacial score (nSPS) is 15.8. The van der Waals surface area contributed by atoms with Gasteiger partial charge in [-0.2, -0.15) is 73.2 Å². The highest BCUT2D eigenvalue weighted by molar-refractivity contribution is 6.29. The van der Waals surface area contributed by atoms with Crippen molar-refractivity contribution in [1.82, 2.24) is 0 Å². The van der Waals surface area contributed by atoms with Crippen LogP contribution < -0.4 is 9.47 Å². The quantitative estimate of drug-likeness (QED) is 0.207. The minimum atomic E-state index is -5.37. The first-order chi connectivity index (χ1) is 21.2. The van der Waals surface area contributed by atoms with Crippen molar-refractivity contribution in [3.05, 3.63) is 106 Å². The molecule has 6 nitrogen and oxygen atoms in total. The van der Waals surface area contributed by atoms with Gasteiger partial charge in [0.1, 0.15) is 22.9 Å². The number of allylic oxidation sites excluding steroid dienone is 2. The van der Waals surface area contributed by atoms with Crippen LogP contribution in [-0.2, 0) is 24.7 Å². The predicted octanol–water partition coefficient (Wildman–Crippen LogP) is 8.69. The monoisotopic (exact) mass is 662 g/mol. The van der Waals surface area contributed by atoms with E-state index in [1.54, 1.807) is 0 Å². The molecule has 0 aromatic heterocycles. The standard InChI is InChI=1S/C28H10F12N4O2/c29-25(30,31)13-5-14(26(32,33)34)8-17(7-13)45-23-21(43-11-41)19-3-1-2-4-20(19)22(44-12-42)24(23)46-18-9-15(27(35,36)37)6-16(10-18)28(38,39)40/h1-10H. The molecule has 0 aliphatic heterocycles. The molecule has 0 saturated carbocycles. The van der Waals surface area contributed by atoms with Crippen molar-refractivity contribution in [2.24, 2.45) is 9.98 Å². The summed E-state index contributed by atoms with van der Waals surface area (Å²) in [5, 5.41) is 18.7. The van der Waals surface area contributed by atoms with Gasteiger partial charge in [0.15, 0.2) is 11.5 Å². The fraction of sp³-hybridized carbons (Fsp3) is 0.143. The van der Waals surface area contributed by atoms with Crippen LogP contribution in [0.15, 0.2) is 82.2 Å². The SMILES string of the molecule is N#CN=C1C(Oc2cc(C(F)(F)F)cc(C(F)(F)F)c2)=C(Oc2cc(C(F)(F)F)cc(C(F)(F)F)c2)C(=NC#N)c2ccccc21. The zero-order valence-electron chi connectivity index (χ0n) is 21.9. The van der Waals surface area contributed by atoms with E-state index in [1.807, 2.05) is 0 Å². The van der Waals surface area contributed by atoms with Crippen LogP contribution in [0.1, 0.15) is 33.4 Å². The third-order valence-electron chi connectivity index (χ3n) is 5.96. The summed E-state index contributed by atoms with van der Waals surface area (Å²) in [7, 11) is 0. The number of aliphatic imine (C=N–C) groups is 2. The van der Waals surface area contributed by atoms with Gasteiger partial charge in [0.05, 0.1) is 22.3 Å². The molecule has 0 amide bonds. The van der Waals surface area contributed by atoms with E-state index in [9.17, 15) is 63.2 Å². The Hall–Kier alpha value is -5.52. The van der Waals surface area contributed by atoms with Gasteiger partial charge in [-0.25, -0.2) is 0 Å². The Morgan fingerprint density at radius 3 is 1.00 bits per heavy atom. The molecule has 1 aliphatic rings. The number of alkyl halides is 12. The van der Waals surface area contributed by atoms with Crippen molar-refractivity contribution < 1.29 is 62.2 Å². The van der Waals surface area contributed by atoms with Gasteiger partial charge in [-0.3, -0.25) is 0 Å². The van der Waals surface area contributed by atoms with Crippen LogP contribution in [0.4, 0.5) is 52.7 Å². The molecule has 0 unspecified atom stereocenters. The Morgan fingerprint density at radius 1 is 0.478 bits per heavy atom. The number of hydrogen-bond donors (Lipinski definition) is 0. The van der Waals surface area contributed by atoms with Crippen molar-refractivity contribution in [3.8, 4) is 23.9 Å². The second-order valence-electron chi connectivity index (χ2n) is 9.01. The van der Waals surface area contributed by atoms with Crippen LogP contribution in [0.5, 0.6) is 11.5 Å². The molecule has 0 radical (unpaired) electrons. The summed E-state index contributed by atoms with van der Waals surface area (Å²) in [4.78, 5) is 6.92. The Kier molecular flexibility index (Phi) is 8.54. The Morgan fingerprint density at radius 2 is 0.761 bits per heavy atom. The van der Waals surface area contributed by atoms with Crippen LogP contribution in [0.2, 0.25) is 0 Å². The lowest BCUT2D eigenvalue weighted by Crippen LogP contribution is -2.29. The maximum Gasteiger partial charge on any atom is 0.416 e. The summed E-state index contributed by atoms with van der Waals surface area (Å²) < 4.78 is 173. The fourth-order valence-corrected chi connectivity index (χ4v) is 4.07. The summed E-state index contributed by atoms with van der Waals surface area (Å²) in [6.07, 6.45) is -18.8. The van der Waals surface area contributed by atoms with Crippen LogP contribution in [0.3, 0.4) is 0 Å². The van der Waals surface area contributed by atoms with Crippen molar-refractivity contribution in [2.45, 2.75) is 24.7 Å². The van der Waals surface area contributed by atoms with Crippen molar-refractivity contribution >= 4 is 11.4 Å². The first-order valence-corrected chi connectivity index (χ1v) is 12.0. The van der Waals surface area contributed by atoms with Crippen LogP contribution >= 0.6 is 0 Å². The van der Waals surface area contributed by atoms with E-state index in [-0.39, 0.29) is 47.5 Å². The number of nitriles is 2. The number of hydrogen-bond acceptors (Lipinski definition) is 6. The average Bonchev–Trinajstić information content (AvgIpc) is 2.94. The third kappa shape index (κ3) is 7.06. The second-order valence-corrected chi connectivity index (χ2v) is 9.01. The molecule has 0 atom stereocenters. The van der Waals surface area contributed by atoms with E-state index in [1.165, 1.54) is 36.7 Å². The molecule has 238 valence electrons. The van der Waals surface area contributed by atoms with Gasteiger partial charge in [0, 0.05) is 11.1 Å². The number of rotatable bonds is 4. The number of benzene rings is 3. The van der Waals surface area contributed by atoms with Gasteiger partial charge in [-0.1, -0.05) is 24.3 Å². The van der Waals surface area contributed by atoms with E-state index in [4.69, 9.17) is 9.47 Å². The molecular weight excluding hydrogens is 652 g/mol. The van der Waals surface area contributed by atoms with E-state index in [0.717, 1.165) is 0 Å². The Balaban J connectivity index is 2.07. The largest absolute Gasteiger partial charge is 0.451 e. The van der Waals surface area contributed by atoms with Gasteiger partial charge < -0.3 is 9.47 Å². The van der Waals surface area contributed by atoms with E-state index < -0.39 is 81.4 Å². The highest BCUT2D eigenvalue weighted by Crippen LogP contribution is 2.42. The van der Waals surface area contributed by atoms with E-state index in [0.29, 0.717) is 0 Å². The maximum absolute atomic E-state index is 13.5. The lowest BCUT2D eigenvalue weighted by Gasteiger charge is -2.25. The third-order valence-corrected chi connectivity index (χ3v) is 5.96. The number of fused-ring (bicyclic) bond motifs is 1. The predicted molar refractivity (Wildman–Crippen MR) is 132 cm³/mol. The smallest absolute Gasteiger partial charge is 0.416 e.